The minimum Gasteiger partial charge on any atom is -0.484 e. The number of halogens is 1. The number of ether oxygens (including phenoxy) is 1. The molecule has 0 saturated heterocycles. The average Bonchev–Trinajstić information content (AvgIpc) is 2.67. The van der Waals surface area contributed by atoms with Gasteiger partial charge in [0.2, 0.25) is 12.2 Å². The average molecular weight is 256 g/mol. The van der Waals surface area contributed by atoms with Crippen molar-refractivity contribution in [1.82, 2.24) is 15.1 Å². The fraction of sp³-hybridized carbons (Fsp3) is 0.125. The third kappa shape index (κ3) is 2.29. The van der Waals surface area contributed by atoms with E-state index in [2.05, 4.69) is 35.6 Å². The van der Waals surface area contributed by atoms with Crippen molar-refractivity contribution < 1.29 is 9.26 Å². The molecule has 2 aromatic heterocycles. The van der Waals surface area contributed by atoms with Gasteiger partial charge in [-0.1, -0.05) is 5.16 Å². The molecular weight excluding hydrogens is 250 g/mol. The van der Waals surface area contributed by atoms with Crippen LogP contribution in [0.15, 0.2) is 33.8 Å². The highest BCUT2D eigenvalue weighted by molar-refractivity contribution is 9.10. The molecule has 6 heteroatoms. The van der Waals surface area contributed by atoms with Crippen LogP contribution in [0.2, 0.25) is 0 Å². The third-order valence-corrected chi connectivity index (χ3v) is 1.89. The number of nitrogens with zero attached hydrogens (tertiary/aromatic N) is 3. The molecule has 0 atom stereocenters. The normalized spacial score (nSPS) is 10.1. The quantitative estimate of drug-likeness (QED) is 0.837. The number of hydrogen-bond acceptors (Lipinski definition) is 5. The van der Waals surface area contributed by atoms with Crippen LogP contribution in [0.1, 0.15) is 5.82 Å². The van der Waals surface area contributed by atoms with E-state index in [-0.39, 0.29) is 6.61 Å². The summed E-state index contributed by atoms with van der Waals surface area (Å²) in [6.45, 7) is 0.272. The van der Waals surface area contributed by atoms with Crippen molar-refractivity contribution in [1.29, 1.82) is 0 Å². The first-order valence-electron chi connectivity index (χ1n) is 3.83. The molecule has 2 rings (SSSR count). The highest BCUT2D eigenvalue weighted by atomic mass is 79.9. The second-order valence-corrected chi connectivity index (χ2v) is 3.39. The zero-order chi connectivity index (χ0) is 9.80. The summed E-state index contributed by atoms with van der Waals surface area (Å²) in [6.07, 6.45) is 4.56. The van der Waals surface area contributed by atoms with Crippen molar-refractivity contribution in [3.8, 4) is 5.75 Å². The van der Waals surface area contributed by atoms with Gasteiger partial charge in [0.25, 0.3) is 0 Å². The summed E-state index contributed by atoms with van der Waals surface area (Å²) >= 11 is 3.29. The van der Waals surface area contributed by atoms with Crippen LogP contribution in [-0.4, -0.2) is 15.1 Å². The molecule has 0 aliphatic heterocycles. The Morgan fingerprint density at radius 2 is 2.36 bits per heavy atom. The highest BCUT2D eigenvalue weighted by Gasteiger charge is 2.00. The molecule has 0 aliphatic rings. The van der Waals surface area contributed by atoms with E-state index in [9.17, 15) is 0 Å². The SMILES string of the molecule is Brc1cncc(OCc2ncon2)c1. The molecule has 0 bridgehead atoms. The van der Waals surface area contributed by atoms with Gasteiger partial charge in [-0.2, -0.15) is 4.98 Å². The number of rotatable bonds is 3. The van der Waals surface area contributed by atoms with E-state index in [1.807, 2.05) is 6.07 Å². The molecule has 2 aromatic rings. The van der Waals surface area contributed by atoms with Crippen LogP contribution in [0.5, 0.6) is 5.75 Å². The predicted molar refractivity (Wildman–Crippen MR) is 50.6 cm³/mol. The van der Waals surface area contributed by atoms with Gasteiger partial charge in [0.05, 0.1) is 6.20 Å². The molecule has 0 unspecified atom stereocenters. The van der Waals surface area contributed by atoms with Crippen molar-refractivity contribution in [3.05, 3.63) is 35.2 Å². The number of pyridine rings is 1. The molecule has 0 radical (unpaired) electrons. The standard InChI is InChI=1S/C8H6BrN3O2/c9-6-1-7(3-10-2-6)13-4-8-11-5-14-12-8/h1-3,5H,4H2. The Morgan fingerprint density at radius 1 is 1.43 bits per heavy atom. The van der Waals surface area contributed by atoms with E-state index in [0.717, 1.165) is 4.47 Å². The molecule has 2 heterocycles. The van der Waals surface area contributed by atoms with Crippen LogP contribution in [0.4, 0.5) is 0 Å². The van der Waals surface area contributed by atoms with Gasteiger partial charge in [-0.25, -0.2) is 0 Å². The maximum atomic E-state index is 5.35. The lowest BCUT2D eigenvalue weighted by Gasteiger charge is -2.01. The minimum atomic E-state index is 0.272. The van der Waals surface area contributed by atoms with Crippen LogP contribution in [0, 0.1) is 0 Å². The largest absolute Gasteiger partial charge is 0.484 e. The molecular formula is C8H6BrN3O2. The summed E-state index contributed by atoms with van der Waals surface area (Å²) in [6, 6.07) is 1.81. The summed E-state index contributed by atoms with van der Waals surface area (Å²) in [5.41, 5.74) is 0. The van der Waals surface area contributed by atoms with Gasteiger partial charge in [0, 0.05) is 10.7 Å². The maximum Gasteiger partial charge on any atom is 0.213 e. The Morgan fingerprint density at radius 3 is 3.07 bits per heavy atom. The highest BCUT2D eigenvalue weighted by Crippen LogP contribution is 2.16. The van der Waals surface area contributed by atoms with Gasteiger partial charge in [0.1, 0.15) is 5.75 Å². The summed E-state index contributed by atoms with van der Waals surface area (Å²) in [5, 5.41) is 3.61. The molecule has 0 N–H and O–H groups in total. The Bertz CT molecular complexity index is 405. The van der Waals surface area contributed by atoms with E-state index in [4.69, 9.17) is 4.74 Å². The minimum absolute atomic E-state index is 0.272. The van der Waals surface area contributed by atoms with Gasteiger partial charge >= 0.3 is 0 Å². The van der Waals surface area contributed by atoms with E-state index in [0.29, 0.717) is 11.6 Å². The molecule has 14 heavy (non-hydrogen) atoms. The second-order valence-electron chi connectivity index (χ2n) is 2.47. The summed E-state index contributed by atoms with van der Waals surface area (Å²) < 4.78 is 10.8. The monoisotopic (exact) mass is 255 g/mol. The number of aromatic nitrogens is 3. The van der Waals surface area contributed by atoms with E-state index < -0.39 is 0 Å². The van der Waals surface area contributed by atoms with Gasteiger partial charge < -0.3 is 9.26 Å². The molecule has 5 nitrogen and oxygen atoms in total. The van der Waals surface area contributed by atoms with Crippen molar-refractivity contribution >= 4 is 15.9 Å². The molecule has 0 aliphatic carbocycles. The van der Waals surface area contributed by atoms with Crippen LogP contribution < -0.4 is 4.74 Å². The van der Waals surface area contributed by atoms with Crippen LogP contribution in [-0.2, 0) is 6.61 Å². The summed E-state index contributed by atoms with van der Waals surface area (Å²) in [4.78, 5) is 7.77. The van der Waals surface area contributed by atoms with E-state index >= 15 is 0 Å². The van der Waals surface area contributed by atoms with Crippen LogP contribution in [0.3, 0.4) is 0 Å². The van der Waals surface area contributed by atoms with Crippen molar-refractivity contribution in [3.63, 3.8) is 0 Å². The Labute approximate surface area is 88.2 Å². The lowest BCUT2D eigenvalue weighted by molar-refractivity contribution is 0.285. The molecule has 0 amide bonds. The number of hydrogen-bond donors (Lipinski definition) is 0. The zero-order valence-corrected chi connectivity index (χ0v) is 8.64. The first kappa shape index (κ1) is 9.14. The summed E-state index contributed by atoms with van der Waals surface area (Å²) in [5.74, 6) is 1.16. The Hall–Kier alpha value is -1.43. The van der Waals surface area contributed by atoms with Gasteiger partial charge in [0.15, 0.2) is 6.61 Å². The topological polar surface area (TPSA) is 61.0 Å². The van der Waals surface area contributed by atoms with Gasteiger partial charge in [-0.05, 0) is 22.0 Å². The van der Waals surface area contributed by atoms with Crippen molar-refractivity contribution in [2.75, 3.05) is 0 Å². The molecule has 0 fully saturated rings. The lowest BCUT2D eigenvalue weighted by atomic mass is 10.5. The van der Waals surface area contributed by atoms with Crippen LogP contribution >= 0.6 is 15.9 Å². The molecule has 72 valence electrons. The molecule has 0 spiro atoms. The smallest absolute Gasteiger partial charge is 0.213 e. The van der Waals surface area contributed by atoms with Crippen LogP contribution in [0.25, 0.3) is 0 Å². The fourth-order valence-electron chi connectivity index (χ4n) is 0.875. The second kappa shape index (κ2) is 4.19. The molecule has 0 aromatic carbocycles. The van der Waals surface area contributed by atoms with E-state index in [1.54, 1.807) is 12.4 Å². The Kier molecular flexibility index (Phi) is 2.73. The predicted octanol–water partition coefficient (Wildman–Crippen LogP) is 1.81. The first-order chi connectivity index (χ1) is 6.84. The third-order valence-electron chi connectivity index (χ3n) is 1.45. The van der Waals surface area contributed by atoms with Crippen molar-refractivity contribution in [2.45, 2.75) is 6.61 Å². The van der Waals surface area contributed by atoms with E-state index in [1.165, 1.54) is 6.39 Å². The lowest BCUT2D eigenvalue weighted by Crippen LogP contribution is -1.97. The zero-order valence-electron chi connectivity index (χ0n) is 7.05. The fourth-order valence-corrected chi connectivity index (χ4v) is 1.22. The van der Waals surface area contributed by atoms with Gasteiger partial charge in [-0.3, -0.25) is 4.98 Å². The van der Waals surface area contributed by atoms with Gasteiger partial charge in [-0.15, -0.1) is 0 Å². The maximum absolute atomic E-state index is 5.35. The van der Waals surface area contributed by atoms with Crippen molar-refractivity contribution in [2.24, 2.45) is 0 Å². The Balaban J connectivity index is 1.98. The first-order valence-corrected chi connectivity index (χ1v) is 4.62. The summed E-state index contributed by atoms with van der Waals surface area (Å²) in [7, 11) is 0. The molecule has 0 saturated carbocycles.